The summed E-state index contributed by atoms with van der Waals surface area (Å²) in [5.41, 5.74) is 5.80. The number of rotatable bonds is 5. The number of nitrogens with two attached hydrogens (primary N) is 1. The van der Waals surface area contributed by atoms with E-state index in [1.165, 1.54) is 38.6 Å². The molecule has 3 N–H and O–H groups in total. The first-order chi connectivity index (χ1) is 10.8. The third kappa shape index (κ3) is 5.07. The van der Waals surface area contributed by atoms with Crippen molar-refractivity contribution in [3.8, 4) is 0 Å². The number of carbonyl (C=O) groups is 1. The lowest BCUT2D eigenvalue weighted by Gasteiger charge is -2.34. The van der Waals surface area contributed by atoms with Crippen molar-refractivity contribution in [2.75, 3.05) is 26.2 Å². The molecule has 0 aromatic rings. The smallest absolute Gasteiger partial charge is 0.223 e. The molecule has 134 valence electrons. The Labute approximate surface area is 147 Å². The molecule has 1 amide bonds. The van der Waals surface area contributed by atoms with E-state index in [0.717, 1.165) is 44.7 Å². The number of piperidine rings is 1. The van der Waals surface area contributed by atoms with Crippen molar-refractivity contribution in [3.05, 3.63) is 0 Å². The van der Waals surface area contributed by atoms with Crippen LogP contribution in [0.2, 0.25) is 0 Å². The van der Waals surface area contributed by atoms with Crippen LogP contribution in [0.1, 0.15) is 57.8 Å². The van der Waals surface area contributed by atoms with Gasteiger partial charge in [0.1, 0.15) is 0 Å². The van der Waals surface area contributed by atoms with E-state index < -0.39 is 0 Å². The molecule has 0 aromatic carbocycles. The van der Waals surface area contributed by atoms with Gasteiger partial charge in [0.05, 0.1) is 0 Å². The summed E-state index contributed by atoms with van der Waals surface area (Å²) in [6.07, 6.45) is 11.3. The Balaban J connectivity index is 0.00000192. The van der Waals surface area contributed by atoms with Gasteiger partial charge in [0, 0.05) is 31.6 Å². The molecular formula is C18H34ClN3O. The van der Waals surface area contributed by atoms with Gasteiger partial charge >= 0.3 is 0 Å². The second kappa shape index (κ2) is 9.24. The molecule has 3 aliphatic rings. The topological polar surface area (TPSA) is 58.4 Å². The monoisotopic (exact) mass is 343 g/mol. The third-order valence-corrected chi connectivity index (χ3v) is 6.22. The average Bonchev–Trinajstić information content (AvgIpc) is 3.20. The summed E-state index contributed by atoms with van der Waals surface area (Å²) in [6, 6.07) is 0.395. The minimum atomic E-state index is 0. The number of hydrogen-bond donors (Lipinski definition) is 2. The summed E-state index contributed by atoms with van der Waals surface area (Å²) < 4.78 is 0. The Morgan fingerprint density at radius 1 is 1.00 bits per heavy atom. The van der Waals surface area contributed by atoms with Gasteiger partial charge in [0.25, 0.3) is 0 Å². The lowest BCUT2D eigenvalue weighted by atomic mass is 9.94. The summed E-state index contributed by atoms with van der Waals surface area (Å²) in [5.74, 6) is 1.82. The number of likely N-dealkylation sites (tertiary alicyclic amines) is 1. The Hall–Kier alpha value is -0.320. The van der Waals surface area contributed by atoms with Crippen LogP contribution < -0.4 is 11.1 Å². The first-order valence-electron chi connectivity index (χ1n) is 9.49. The fourth-order valence-corrected chi connectivity index (χ4v) is 4.79. The van der Waals surface area contributed by atoms with Gasteiger partial charge in [-0.05, 0) is 56.9 Å². The number of nitrogens with one attached hydrogen (secondary N) is 1. The van der Waals surface area contributed by atoms with Crippen LogP contribution in [0, 0.1) is 17.8 Å². The minimum absolute atomic E-state index is 0. The summed E-state index contributed by atoms with van der Waals surface area (Å²) in [5, 5.41) is 3.32. The number of hydrogen-bond acceptors (Lipinski definition) is 3. The third-order valence-electron chi connectivity index (χ3n) is 6.22. The molecule has 3 rings (SSSR count). The van der Waals surface area contributed by atoms with Crippen LogP contribution in [0.3, 0.4) is 0 Å². The molecule has 2 atom stereocenters. The van der Waals surface area contributed by atoms with E-state index in [9.17, 15) is 4.79 Å². The molecule has 23 heavy (non-hydrogen) atoms. The van der Waals surface area contributed by atoms with Crippen molar-refractivity contribution in [2.45, 2.75) is 63.8 Å². The van der Waals surface area contributed by atoms with Crippen LogP contribution in [0.25, 0.3) is 0 Å². The Kier molecular flexibility index (Phi) is 7.64. The predicted molar refractivity (Wildman–Crippen MR) is 96.7 cm³/mol. The van der Waals surface area contributed by atoms with Crippen LogP contribution in [0.15, 0.2) is 0 Å². The predicted octanol–water partition coefficient (Wildman–Crippen LogP) is 2.55. The SMILES string of the molecule is Cl.NC[C@H]1CCC[C@H]1C(=O)NC1CCN(CC2CCCC2)CC1. The first kappa shape index (κ1) is 19.0. The van der Waals surface area contributed by atoms with E-state index in [-0.39, 0.29) is 24.2 Å². The normalized spacial score (nSPS) is 30.3. The fourth-order valence-electron chi connectivity index (χ4n) is 4.79. The summed E-state index contributed by atoms with van der Waals surface area (Å²) >= 11 is 0. The highest BCUT2D eigenvalue weighted by Gasteiger charge is 2.33. The zero-order valence-corrected chi connectivity index (χ0v) is 15.2. The zero-order chi connectivity index (χ0) is 15.4. The minimum Gasteiger partial charge on any atom is -0.353 e. The van der Waals surface area contributed by atoms with E-state index in [1.807, 2.05) is 0 Å². The molecule has 1 aliphatic heterocycles. The second-order valence-electron chi connectivity index (χ2n) is 7.77. The van der Waals surface area contributed by atoms with E-state index in [1.54, 1.807) is 0 Å². The number of nitrogens with zero attached hydrogens (tertiary/aromatic N) is 1. The quantitative estimate of drug-likeness (QED) is 0.806. The second-order valence-corrected chi connectivity index (χ2v) is 7.77. The van der Waals surface area contributed by atoms with Gasteiger partial charge in [-0.1, -0.05) is 19.3 Å². The molecular weight excluding hydrogens is 310 g/mol. The molecule has 3 fully saturated rings. The van der Waals surface area contributed by atoms with E-state index in [2.05, 4.69) is 10.2 Å². The molecule has 1 heterocycles. The van der Waals surface area contributed by atoms with Gasteiger partial charge in [-0.15, -0.1) is 12.4 Å². The molecule has 0 aromatic heterocycles. The van der Waals surface area contributed by atoms with Crippen molar-refractivity contribution in [1.82, 2.24) is 10.2 Å². The molecule has 4 nitrogen and oxygen atoms in total. The Morgan fingerprint density at radius 2 is 1.70 bits per heavy atom. The van der Waals surface area contributed by atoms with Gasteiger partial charge in [0.2, 0.25) is 5.91 Å². The van der Waals surface area contributed by atoms with Gasteiger partial charge in [-0.25, -0.2) is 0 Å². The van der Waals surface area contributed by atoms with Crippen LogP contribution in [-0.4, -0.2) is 43.0 Å². The molecule has 0 radical (unpaired) electrons. The highest BCUT2D eigenvalue weighted by Crippen LogP contribution is 2.31. The first-order valence-corrected chi connectivity index (χ1v) is 9.49. The number of halogens is 1. The van der Waals surface area contributed by atoms with Crippen molar-refractivity contribution in [3.63, 3.8) is 0 Å². The summed E-state index contributed by atoms with van der Waals surface area (Å²) in [6.45, 7) is 4.27. The zero-order valence-electron chi connectivity index (χ0n) is 14.3. The maximum absolute atomic E-state index is 12.5. The van der Waals surface area contributed by atoms with Crippen LogP contribution in [0.5, 0.6) is 0 Å². The molecule has 0 unspecified atom stereocenters. The summed E-state index contributed by atoms with van der Waals surface area (Å²) in [4.78, 5) is 15.1. The van der Waals surface area contributed by atoms with Crippen molar-refractivity contribution in [2.24, 2.45) is 23.5 Å². The van der Waals surface area contributed by atoms with Gasteiger partial charge in [0.15, 0.2) is 0 Å². The van der Waals surface area contributed by atoms with Crippen molar-refractivity contribution < 1.29 is 4.79 Å². The van der Waals surface area contributed by atoms with Crippen LogP contribution in [-0.2, 0) is 4.79 Å². The number of amides is 1. The lowest BCUT2D eigenvalue weighted by molar-refractivity contribution is -0.127. The van der Waals surface area contributed by atoms with Crippen LogP contribution in [0.4, 0.5) is 0 Å². The molecule has 1 saturated heterocycles. The maximum atomic E-state index is 12.5. The molecule has 0 spiro atoms. The standard InChI is InChI=1S/C18H33N3O.ClH/c19-12-15-6-3-7-17(15)18(22)20-16-8-10-21(11-9-16)13-14-4-1-2-5-14;/h14-17H,1-13,19H2,(H,20,22);1H/t15-,17-;/m1./s1. The average molecular weight is 344 g/mol. The fraction of sp³-hybridized carbons (Fsp3) is 0.944. The largest absolute Gasteiger partial charge is 0.353 e. The Bertz CT molecular complexity index is 365. The highest BCUT2D eigenvalue weighted by molar-refractivity contribution is 5.85. The molecule has 2 saturated carbocycles. The van der Waals surface area contributed by atoms with Gasteiger partial charge in [-0.2, -0.15) is 0 Å². The molecule has 5 heteroatoms. The van der Waals surface area contributed by atoms with E-state index in [0.29, 0.717) is 18.5 Å². The van der Waals surface area contributed by atoms with Gasteiger partial charge in [-0.3, -0.25) is 4.79 Å². The van der Waals surface area contributed by atoms with Crippen LogP contribution >= 0.6 is 12.4 Å². The lowest BCUT2D eigenvalue weighted by Crippen LogP contribution is -2.47. The highest BCUT2D eigenvalue weighted by atomic mass is 35.5. The van der Waals surface area contributed by atoms with E-state index in [4.69, 9.17) is 5.73 Å². The van der Waals surface area contributed by atoms with Crippen molar-refractivity contribution >= 4 is 18.3 Å². The van der Waals surface area contributed by atoms with Gasteiger partial charge < -0.3 is 16.0 Å². The molecule has 2 aliphatic carbocycles. The molecule has 0 bridgehead atoms. The number of carbonyl (C=O) groups excluding carboxylic acids is 1. The van der Waals surface area contributed by atoms with E-state index >= 15 is 0 Å². The maximum Gasteiger partial charge on any atom is 0.223 e. The Morgan fingerprint density at radius 3 is 2.35 bits per heavy atom. The summed E-state index contributed by atoms with van der Waals surface area (Å²) in [7, 11) is 0. The van der Waals surface area contributed by atoms with Crippen molar-refractivity contribution in [1.29, 1.82) is 0 Å².